The summed E-state index contributed by atoms with van der Waals surface area (Å²) in [5, 5.41) is 6.60. The van der Waals surface area contributed by atoms with Crippen LogP contribution in [-0.2, 0) is 11.3 Å². The Labute approximate surface area is 157 Å². The summed E-state index contributed by atoms with van der Waals surface area (Å²) < 4.78 is 0. The van der Waals surface area contributed by atoms with E-state index >= 15 is 0 Å². The zero-order valence-electron chi connectivity index (χ0n) is 14.1. The van der Waals surface area contributed by atoms with E-state index in [0.29, 0.717) is 6.04 Å². The van der Waals surface area contributed by atoms with Gasteiger partial charge in [-0.3, -0.25) is 9.69 Å². The largest absolute Gasteiger partial charge is 0.353 e. The van der Waals surface area contributed by atoms with Gasteiger partial charge in [-0.1, -0.05) is 36.8 Å². The molecule has 2 atom stereocenters. The van der Waals surface area contributed by atoms with Gasteiger partial charge in [-0.2, -0.15) is 0 Å². The monoisotopic (exact) mass is 373 g/mol. The topological polar surface area (TPSA) is 44.4 Å². The van der Waals surface area contributed by atoms with Crippen molar-refractivity contribution in [3.05, 3.63) is 35.9 Å². The number of carbonyl (C=O) groups excluding carboxylic acids is 1. The number of rotatable bonds is 5. The molecule has 24 heavy (non-hydrogen) atoms. The molecule has 2 aliphatic rings. The van der Waals surface area contributed by atoms with Gasteiger partial charge in [0.15, 0.2) is 0 Å². The Hall–Kier alpha value is -0.810. The number of amides is 1. The van der Waals surface area contributed by atoms with Crippen LogP contribution < -0.4 is 10.6 Å². The van der Waals surface area contributed by atoms with E-state index < -0.39 is 0 Å². The Balaban J connectivity index is 0.00000144. The highest BCUT2D eigenvalue weighted by atomic mass is 35.5. The summed E-state index contributed by atoms with van der Waals surface area (Å²) in [6.45, 7) is 3.76. The predicted molar refractivity (Wildman–Crippen MR) is 103 cm³/mol. The van der Waals surface area contributed by atoms with Gasteiger partial charge in [0.2, 0.25) is 5.91 Å². The second-order valence-corrected chi connectivity index (χ2v) is 6.51. The Morgan fingerprint density at radius 3 is 2.62 bits per heavy atom. The molecule has 0 aliphatic carbocycles. The molecule has 2 N–H and O–H groups in total. The summed E-state index contributed by atoms with van der Waals surface area (Å²) in [5.41, 5.74) is 1.29. The van der Waals surface area contributed by atoms with Crippen LogP contribution in [0.5, 0.6) is 0 Å². The van der Waals surface area contributed by atoms with Gasteiger partial charge in [0.25, 0.3) is 0 Å². The number of carbonyl (C=O) groups is 1. The Morgan fingerprint density at radius 1 is 1.12 bits per heavy atom. The van der Waals surface area contributed by atoms with E-state index in [9.17, 15) is 4.79 Å². The van der Waals surface area contributed by atoms with Crippen molar-refractivity contribution in [1.29, 1.82) is 0 Å². The summed E-state index contributed by atoms with van der Waals surface area (Å²) in [6.07, 6.45) is 5.74. The van der Waals surface area contributed by atoms with Gasteiger partial charge in [0.1, 0.15) is 0 Å². The quantitative estimate of drug-likeness (QED) is 0.833. The van der Waals surface area contributed by atoms with Crippen molar-refractivity contribution in [2.24, 2.45) is 0 Å². The van der Waals surface area contributed by atoms with Gasteiger partial charge < -0.3 is 10.6 Å². The molecule has 4 nitrogen and oxygen atoms in total. The Morgan fingerprint density at radius 2 is 1.92 bits per heavy atom. The fourth-order valence-electron chi connectivity index (χ4n) is 3.57. The van der Waals surface area contributed by atoms with Crippen molar-refractivity contribution in [2.45, 2.75) is 50.7 Å². The average molecular weight is 374 g/mol. The van der Waals surface area contributed by atoms with Gasteiger partial charge in [-0.25, -0.2) is 0 Å². The lowest BCUT2D eigenvalue weighted by molar-refractivity contribution is -0.128. The molecule has 2 heterocycles. The van der Waals surface area contributed by atoms with E-state index in [-0.39, 0.29) is 36.8 Å². The number of hydrogen-bond donors (Lipinski definition) is 2. The van der Waals surface area contributed by atoms with Crippen molar-refractivity contribution in [1.82, 2.24) is 15.5 Å². The Kier molecular flexibility index (Phi) is 9.67. The standard InChI is InChI=1S/C18H27N3O.2ClH/c22-18(20-13-16-9-6-11-19-16)17-10-4-5-12-21(17)14-15-7-2-1-3-8-15;;/h1-3,7-8,16-17,19H,4-6,9-14H2,(H,20,22);2*1H. The zero-order valence-corrected chi connectivity index (χ0v) is 15.7. The third kappa shape index (κ3) is 5.92. The van der Waals surface area contributed by atoms with E-state index in [2.05, 4.69) is 39.8 Å². The molecule has 0 bridgehead atoms. The number of halogens is 2. The van der Waals surface area contributed by atoms with Gasteiger partial charge in [0.05, 0.1) is 6.04 Å². The molecule has 1 aromatic rings. The lowest BCUT2D eigenvalue weighted by Crippen LogP contribution is -2.50. The molecule has 0 saturated carbocycles. The molecule has 2 saturated heterocycles. The van der Waals surface area contributed by atoms with Crippen LogP contribution in [0, 0.1) is 0 Å². The SMILES string of the molecule is Cl.Cl.O=C(NCC1CCCN1)C1CCCCN1Cc1ccccc1. The lowest BCUT2D eigenvalue weighted by atomic mass is 10.00. The number of benzene rings is 1. The maximum atomic E-state index is 12.6. The van der Waals surface area contributed by atoms with Crippen molar-refractivity contribution in [3.8, 4) is 0 Å². The normalized spacial score (nSPS) is 23.8. The Bertz CT molecular complexity index is 480. The zero-order chi connectivity index (χ0) is 15.2. The molecular weight excluding hydrogens is 345 g/mol. The molecule has 3 rings (SSSR count). The third-order valence-electron chi connectivity index (χ3n) is 4.83. The van der Waals surface area contributed by atoms with E-state index in [1.165, 1.54) is 24.8 Å². The fraction of sp³-hybridized carbons (Fsp3) is 0.611. The van der Waals surface area contributed by atoms with E-state index in [1.54, 1.807) is 0 Å². The molecule has 2 unspecified atom stereocenters. The van der Waals surface area contributed by atoms with Crippen LogP contribution in [0.1, 0.15) is 37.7 Å². The maximum Gasteiger partial charge on any atom is 0.237 e. The molecule has 2 fully saturated rings. The van der Waals surface area contributed by atoms with Crippen molar-refractivity contribution >= 4 is 30.7 Å². The van der Waals surface area contributed by atoms with E-state index in [1.807, 2.05) is 6.07 Å². The van der Waals surface area contributed by atoms with Crippen LogP contribution in [0.4, 0.5) is 0 Å². The average Bonchev–Trinajstić information content (AvgIpc) is 3.08. The molecule has 1 amide bonds. The van der Waals surface area contributed by atoms with Crippen LogP contribution >= 0.6 is 24.8 Å². The molecule has 6 heteroatoms. The maximum absolute atomic E-state index is 12.6. The number of hydrogen-bond acceptors (Lipinski definition) is 3. The highest BCUT2D eigenvalue weighted by Gasteiger charge is 2.29. The molecule has 0 aromatic heterocycles. The first kappa shape index (κ1) is 21.2. The highest BCUT2D eigenvalue weighted by molar-refractivity contribution is 5.85. The second-order valence-electron chi connectivity index (χ2n) is 6.51. The number of nitrogens with zero attached hydrogens (tertiary/aromatic N) is 1. The summed E-state index contributed by atoms with van der Waals surface area (Å²) in [4.78, 5) is 14.9. The van der Waals surface area contributed by atoms with Gasteiger partial charge in [0, 0.05) is 19.1 Å². The van der Waals surface area contributed by atoms with E-state index in [4.69, 9.17) is 0 Å². The number of nitrogens with one attached hydrogen (secondary N) is 2. The summed E-state index contributed by atoms with van der Waals surface area (Å²) >= 11 is 0. The van der Waals surface area contributed by atoms with Crippen LogP contribution in [0.3, 0.4) is 0 Å². The van der Waals surface area contributed by atoms with Crippen LogP contribution in [0.15, 0.2) is 30.3 Å². The predicted octanol–water partition coefficient (Wildman–Crippen LogP) is 2.75. The van der Waals surface area contributed by atoms with Gasteiger partial charge >= 0.3 is 0 Å². The number of piperidine rings is 1. The first-order valence-electron chi connectivity index (χ1n) is 8.62. The minimum absolute atomic E-state index is 0. The summed E-state index contributed by atoms with van der Waals surface area (Å²) in [7, 11) is 0. The van der Waals surface area contributed by atoms with Crippen molar-refractivity contribution in [3.63, 3.8) is 0 Å². The lowest BCUT2D eigenvalue weighted by Gasteiger charge is -2.35. The first-order chi connectivity index (χ1) is 10.8. The summed E-state index contributed by atoms with van der Waals surface area (Å²) in [6, 6.07) is 11.0. The highest BCUT2D eigenvalue weighted by Crippen LogP contribution is 2.20. The molecule has 0 radical (unpaired) electrons. The summed E-state index contributed by atoms with van der Waals surface area (Å²) in [5.74, 6) is 0.212. The van der Waals surface area contributed by atoms with Crippen LogP contribution in [0.2, 0.25) is 0 Å². The van der Waals surface area contributed by atoms with E-state index in [0.717, 1.165) is 39.0 Å². The second kappa shape index (κ2) is 10.9. The van der Waals surface area contributed by atoms with Crippen molar-refractivity contribution in [2.75, 3.05) is 19.6 Å². The fourth-order valence-corrected chi connectivity index (χ4v) is 3.57. The third-order valence-corrected chi connectivity index (χ3v) is 4.83. The molecule has 0 spiro atoms. The van der Waals surface area contributed by atoms with Gasteiger partial charge in [-0.05, 0) is 44.3 Å². The van der Waals surface area contributed by atoms with Crippen LogP contribution in [-0.4, -0.2) is 42.5 Å². The number of likely N-dealkylation sites (tertiary alicyclic amines) is 1. The molecule has 136 valence electrons. The smallest absolute Gasteiger partial charge is 0.237 e. The first-order valence-corrected chi connectivity index (χ1v) is 8.62. The molecule has 2 aliphatic heterocycles. The van der Waals surface area contributed by atoms with Crippen molar-refractivity contribution < 1.29 is 4.79 Å². The minimum Gasteiger partial charge on any atom is -0.353 e. The molecule has 1 aromatic carbocycles. The van der Waals surface area contributed by atoms with Gasteiger partial charge in [-0.15, -0.1) is 24.8 Å². The minimum atomic E-state index is 0. The van der Waals surface area contributed by atoms with Crippen LogP contribution in [0.25, 0.3) is 0 Å². The molecular formula is C18H29Cl2N3O.